The van der Waals surface area contributed by atoms with Gasteiger partial charge in [-0.25, -0.2) is 12.2 Å². The Bertz CT molecular complexity index is 109. The Morgan fingerprint density at radius 2 is 1.73 bits per heavy atom. The molecule has 0 aromatic carbocycles. The van der Waals surface area contributed by atoms with Crippen LogP contribution in [0.1, 0.15) is 27.2 Å². The van der Waals surface area contributed by atoms with E-state index in [0.29, 0.717) is 0 Å². The van der Waals surface area contributed by atoms with Crippen molar-refractivity contribution in [1.29, 1.82) is 0 Å². The first-order chi connectivity index (χ1) is 3.89. The van der Waals surface area contributed by atoms with E-state index in [0.717, 1.165) is 6.42 Å². The van der Waals surface area contributed by atoms with Gasteiger partial charge in [-0.1, -0.05) is 20.8 Å². The molecule has 0 aromatic heterocycles. The summed E-state index contributed by atoms with van der Waals surface area (Å²) in [6.07, 6.45) is 8.15. The summed E-state index contributed by atoms with van der Waals surface area (Å²) in [5, 5.41) is 0. The van der Waals surface area contributed by atoms with Crippen molar-refractivity contribution in [1.82, 2.24) is 0 Å². The first kappa shape index (κ1) is 22.6. The van der Waals surface area contributed by atoms with Gasteiger partial charge in [0.05, 0.1) is 0 Å². The molecule has 0 fully saturated rings. The summed E-state index contributed by atoms with van der Waals surface area (Å²) in [4.78, 5) is 0. The summed E-state index contributed by atoms with van der Waals surface area (Å²) in [6.45, 7) is 6.11. The predicted molar refractivity (Wildman–Crippen MR) is 52.0 cm³/mol. The number of hydrogen-bond acceptors (Lipinski definition) is 0. The van der Waals surface area contributed by atoms with E-state index in [-0.39, 0.29) is 46.5 Å². The molecule has 0 heterocycles. The van der Waals surface area contributed by atoms with Crippen LogP contribution in [0.2, 0.25) is 0 Å². The first-order valence-corrected chi connectivity index (χ1v) is 3.12. The van der Waals surface area contributed by atoms with E-state index in [1.54, 1.807) is 0 Å². The Morgan fingerprint density at radius 3 is 1.82 bits per heavy atom. The van der Waals surface area contributed by atoms with E-state index in [4.69, 9.17) is 0 Å². The van der Waals surface area contributed by atoms with E-state index in [9.17, 15) is 0 Å². The van der Waals surface area contributed by atoms with E-state index in [1.165, 1.54) is 5.57 Å². The zero-order valence-electron chi connectivity index (χ0n) is 7.18. The fraction of sp³-hybridized carbons (Fsp3) is 0.500. The molecular weight excluding hydrogens is 215 g/mol. The van der Waals surface area contributed by atoms with Crippen LogP contribution in [0.15, 0.2) is 17.7 Å². The third-order valence-corrected chi connectivity index (χ3v) is 0.867. The minimum atomic E-state index is 0. The van der Waals surface area contributed by atoms with Crippen LogP contribution in [-0.2, 0) is 21.7 Å². The van der Waals surface area contributed by atoms with E-state index >= 15 is 0 Å². The number of halogens is 2. The average Bonchev–Trinajstić information content (AvgIpc) is 2.24. The average molecular weight is 230 g/mol. The zero-order valence-corrected chi connectivity index (χ0v) is 10.4. The molecule has 1 aliphatic carbocycles. The van der Waals surface area contributed by atoms with Gasteiger partial charge in [-0.2, -0.15) is 5.57 Å². The van der Waals surface area contributed by atoms with Crippen molar-refractivity contribution in [3.63, 3.8) is 0 Å². The van der Waals surface area contributed by atoms with Crippen LogP contribution in [0.3, 0.4) is 0 Å². The Hall–Kier alpha value is 0.774. The molecule has 0 spiro atoms. The van der Waals surface area contributed by atoms with Crippen LogP contribution in [0, 0.1) is 6.08 Å². The molecule has 0 radical (unpaired) electrons. The van der Waals surface area contributed by atoms with Gasteiger partial charge in [0, 0.05) is 21.7 Å². The Labute approximate surface area is 97.2 Å². The van der Waals surface area contributed by atoms with Crippen LogP contribution in [0.25, 0.3) is 0 Å². The summed E-state index contributed by atoms with van der Waals surface area (Å²) >= 11 is 0. The molecule has 3 heteroatoms. The largest absolute Gasteiger partial charge is 0.273 e. The number of allylic oxidation sites excluding steroid dienone is 4. The number of hydrogen-bond donors (Lipinski definition) is 0. The van der Waals surface area contributed by atoms with Crippen molar-refractivity contribution < 1.29 is 21.7 Å². The molecule has 1 rings (SSSR count). The molecule has 0 aromatic rings. The van der Waals surface area contributed by atoms with Gasteiger partial charge in [0.2, 0.25) is 0 Å². The summed E-state index contributed by atoms with van der Waals surface area (Å²) < 4.78 is 0. The predicted octanol–water partition coefficient (Wildman–Crippen LogP) is 3.56. The smallest absolute Gasteiger partial charge is 0 e. The van der Waals surface area contributed by atoms with Crippen molar-refractivity contribution in [2.24, 2.45) is 0 Å². The molecule has 0 nitrogen and oxygen atoms in total. The second-order valence-electron chi connectivity index (χ2n) is 1.56. The van der Waals surface area contributed by atoms with E-state index in [2.05, 4.69) is 19.1 Å². The maximum absolute atomic E-state index is 3.05. The Balaban J connectivity index is -0.0000000459. The SMILES string of the molecule is CC.CC1=CC=[C-]C1.Cl.Cl.[Ti]. The normalized spacial score (nSPS) is 10.6. The molecule has 0 saturated carbocycles. The third-order valence-electron chi connectivity index (χ3n) is 0.867. The maximum Gasteiger partial charge on any atom is 0 e. The van der Waals surface area contributed by atoms with Gasteiger partial charge in [-0.05, 0) is 0 Å². The molecule has 0 amide bonds. The van der Waals surface area contributed by atoms with Crippen LogP contribution < -0.4 is 0 Å². The molecule has 66 valence electrons. The summed E-state index contributed by atoms with van der Waals surface area (Å²) in [5.41, 5.74) is 1.41. The zero-order chi connectivity index (χ0) is 6.41. The van der Waals surface area contributed by atoms with Crippen molar-refractivity contribution >= 4 is 24.8 Å². The van der Waals surface area contributed by atoms with Gasteiger partial charge in [0.25, 0.3) is 0 Å². The topological polar surface area (TPSA) is 0 Å². The summed E-state index contributed by atoms with van der Waals surface area (Å²) in [7, 11) is 0. The first-order valence-electron chi connectivity index (χ1n) is 3.12. The van der Waals surface area contributed by atoms with Gasteiger partial charge >= 0.3 is 0 Å². The van der Waals surface area contributed by atoms with Crippen molar-refractivity contribution in [3.8, 4) is 0 Å². The Morgan fingerprint density at radius 1 is 1.27 bits per heavy atom. The fourth-order valence-corrected chi connectivity index (χ4v) is 0.480. The number of rotatable bonds is 0. The van der Waals surface area contributed by atoms with Gasteiger partial charge < -0.3 is 0 Å². The summed E-state index contributed by atoms with van der Waals surface area (Å²) in [5.74, 6) is 0. The summed E-state index contributed by atoms with van der Waals surface area (Å²) in [6, 6.07) is 0. The van der Waals surface area contributed by atoms with Crippen LogP contribution in [-0.4, -0.2) is 0 Å². The molecule has 0 saturated heterocycles. The van der Waals surface area contributed by atoms with E-state index in [1.807, 2.05) is 19.9 Å². The Kier molecular flexibility index (Phi) is 35.0. The van der Waals surface area contributed by atoms with E-state index < -0.39 is 0 Å². The minimum absolute atomic E-state index is 0. The quantitative estimate of drug-likeness (QED) is 0.440. The molecule has 0 atom stereocenters. The van der Waals surface area contributed by atoms with Crippen molar-refractivity contribution in [3.05, 3.63) is 23.8 Å². The molecule has 1 aliphatic rings. The second-order valence-corrected chi connectivity index (χ2v) is 1.56. The molecule has 0 aliphatic heterocycles. The fourth-order valence-electron chi connectivity index (χ4n) is 0.480. The van der Waals surface area contributed by atoms with Gasteiger partial charge in [0.15, 0.2) is 0 Å². The molecule has 0 bridgehead atoms. The van der Waals surface area contributed by atoms with Crippen LogP contribution in [0.4, 0.5) is 0 Å². The second kappa shape index (κ2) is 17.0. The maximum atomic E-state index is 3.05. The molecule has 0 unspecified atom stereocenters. The molecule has 0 N–H and O–H groups in total. The van der Waals surface area contributed by atoms with Crippen molar-refractivity contribution in [2.75, 3.05) is 0 Å². The van der Waals surface area contributed by atoms with Crippen LogP contribution in [0.5, 0.6) is 0 Å². The third kappa shape index (κ3) is 13.7. The monoisotopic (exact) mass is 229 g/mol. The molecule has 11 heavy (non-hydrogen) atoms. The van der Waals surface area contributed by atoms with Gasteiger partial charge in [-0.15, -0.1) is 31.2 Å². The van der Waals surface area contributed by atoms with Gasteiger partial charge in [0.1, 0.15) is 0 Å². The van der Waals surface area contributed by atoms with Crippen molar-refractivity contribution in [2.45, 2.75) is 27.2 Å². The van der Waals surface area contributed by atoms with Gasteiger partial charge in [-0.3, -0.25) is 6.08 Å². The van der Waals surface area contributed by atoms with Crippen LogP contribution >= 0.6 is 24.8 Å². The standard InChI is InChI=1S/C6H7.C2H6.2ClH.Ti/c1-6-4-2-3-5-6;1-2;;;/h2,4H,5H2,1H3;1-2H3;2*1H;/q-1;;;;. The minimum Gasteiger partial charge on any atom is -0.273 e. The molecular formula is C8H15Cl2Ti-.